The van der Waals surface area contributed by atoms with Gasteiger partial charge in [0.25, 0.3) is 0 Å². The number of methoxy groups -OCH3 is 1. The Hall–Kier alpha value is -3.10. The Morgan fingerprint density at radius 3 is 2.15 bits per heavy atom. The first-order chi connectivity index (χ1) is 18.8. The van der Waals surface area contributed by atoms with E-state index in [9.17, 15) is 19.8 Å². The number of aliphatic hydroxyl groups excluding tert-OH is 2. The average Bonchev–Trinajstić information content (AvgIpc) is 2.93. The zero-order valence-electron chi connectivity index (χ0n) is 22.7. The highest BCUT2D eigenvalue weighted by Crippen LogP contribution is 2.54. The minimum Gasteiger partial charge on any atom is -0.497 e. The highest BCUT2D eigenvalue weighted by atomic mass is 16.6. The molecule has 39 heavy (non-hydrogen) atoms. The lowest BCUT2D eigenvalue weighted by atomic mass is 9.55. The van der Waals surface area contributed by atoms with E-state index < -0.39 is 36.3 Å². The van der Waals surface area contributed by atoms with Crippen molar-refractivity contribution >= 4 is 12.0 Å². The number of nitrogens with one attached hydrogen (secondary N) is 2. The Bertz CT molecular complexity index is 1110. The number of alkyl carbamates (subject to hydrolysis) is 1. The van der Waals surface area contributed by atoms with Gasteiger partial charge in [0.1, 0.15) is 23.5 Å². The Morgan fingerprint density at radius 2 is 1.59 bits per heavy atom. The molecular weight excluding hydrogens is 496 g/mol. The van der Waals surface area contributed by atoms with Crippen LogP contribution in [0.4, 0.5) is 4.79 Å². The average molecular weight is 537 g/mol. The van der Waals surface area contributed by atoms with Gasteiger partial charge in [-0.05, 0) is 86.0 Å². The molecule has 2 amide bonds. The molecule has 3 atom stereocenters. The summed E-state index contributed by atoms with van der Waals surface area (Å²) in [7, 11) is 1.58. The van der Waals surface area contributed by atoms with Crippen molar-refractivity contribution in [2.45, 2.75) is 69.2 Å². The van der Waals surface area contributed by atoms with Crippen LogP contribution in [0.25, 0.3) is 0 Å². The fourth-order valence-corrected chi connectivity index (χ4v) is 7.21. The summed E-state index contributed by atoms with van der Waals surface area (Å²) in [5, 5.41) is 26.5. The fraction of sp³-hybridized carbons (Fsp3) is 0.548. The molecule has 3 unspecified atom stereocenters. The highest BCUT2D eigenvalue weighted by Gasteiger charge is 2.50. The minimum atomic E-state index is -1.40. The topological polar surface area (TPSA) is 117 Å². The van der Waals surface area contributed by atoms with E-state index in [2.05, 4.69) is 10.6 Å². The van der Waals surface area contributed by atoms with E-state index in [0.29, 0.717) is 23.1 Å². The van der Waals surface area contributed by atoms with E-state index in [1.165, 1.54) is 6.42 Å². The van der Waals surface area contributed by atoms with E-state index in [-0.39, 0.29) is 12.5 Å². The summed E-state index contributed by atoms with van der Waals surface area (Å²) in [4.78, 5) is 27.1. The monoisotopic (exact) mass is 536 g/mol. The summed E-state index contributed by atoms with van der Waals surface area (Å²) < 4.78 is 11.3. The summed E-state index contributed by atoms with van der Waals surface area (Å²) in [5.41, 5.74) is -0.0167. The molecule has 0 heterocycles. The number of carbonyl (C=O) groups is 2. The molecule has 0 radical (unpaired) electrons. The quantitative estimate of drug-likeness (QED) is 0.367. The van der Waals surface area contributed by atoms with Crippen molar-refractivity contribution in [3.05, 3.63) is 65.7 Å². The van der Waals surface area contributed by atoms with E-state index in [1.807, 2.05) is 18.2 Å². The zero-order chi connectivity index (χ0) is 27.6. The van der Waals surface area contributed by atoms with E-state index >= 15 is 0 Å². The van der Waals surface area contributed by atoms with Gasteiger partial charge in [0.2, 0.25) is 5.91 Å². The van der Waals surface area contributed by atoms with Gasteiger partial charge < -0.3 is 30.3 Å². The summed E-state index contributed by atoms with van der Waals surface area (Å²) in [6, 6.07) is 15.2. The van der Waals surface area contributed by atoms with Gasteiger partial charge >= 0.3 is 6.09 Å². The Labute approximate surface area is 230 Å². The Morgan fingerprint density at radius 1 is 0.974 bits per heavy atom. The van der Waals surface area contributed by atoms with Crippen molar-refractivity contribution in [1.29, 1.82) is 0 Å². The number of hydrogen-bond donors (Lipinski definition) is 4. The molecule has 4 aliphatic rings. The van der Waals surface area contributed by atoms with Crippen LogP contribution in [0.2, 0.25) is 0 Å². The van der Waals surface area contributed by atoms with Crippen molar-refractivity contribution in [2.24, 2.45) is 23.7 Å². The third-order valence-electron chi connectivity index (χ3n) is 9.01. The predicted molar refractivity (Wildman–Crippen MR) is 146 cm³/mol. The normalized spacial score (nSPS) is 28.2. The number of benzene rings is 2. The van der Waals surface area contributed by atoms with Crippen LogP contribution in [0, 0.1) is 23.7 Å². The SMILES string of the molecule is COc1ccc(CC(C)(NC(=O)OC2C3CC4CC(C3)CC2C4)C(=O)NC(CO)C(O)c2ccccc2)cc1. The molecule has 4 fully saturated rings. The standard InChI is InChI=1S/C31H40N2O6/c1-31(17-19-8-10-25(38-2)11-9-19,29(36)32-26(18-34)27(35)22-6-4-3-5-7-22)33-30(37)39-28-23-13-20-12-21(15-23)16-24(28)14-20/h3-11,20-21,23-24,26-28,34-35H,12-18H2,1-2H3,(H,32,36)(H,33,37). The largest absolute Gasteiger partial charge is 0.497 e. The second-order valence-electron chi connectivity index (χ2n) is 11.9. The van der Waals surface area contributed by atoms with Crippen LogP contribution < -0.4 is 15.4 Å². The third-order valence-corrected chi connectivity index (χ3v) is 9.01. The maximum Gasteiger partial charge on any atom is 0.408 e. The number of hydrogen-bond acceptors (Lipinski definition) is 6. The first-order valence-electron chi connectivity index (χ1n) is 14.0. The Balaban J connectivity index is 1.32. The molecule has 0 aliphatic heterocycles. The van der Waals surface area contributed by atoms with Crippen LogP contribution in [-0.2, 0) is 16.0 Å². The molecule has 4 saturated carbocycles. The summed E-state index contributed by atoms with van der Waals surface area (Å²) in [6.45, 7) is 1.17. The second-order valence-corrected chi connectivity index (χ2v) is 11.9. The molecule has 4 aliphatic carbocycles. The lowest BCUT2D eigenvalue weighted by molar-refractivity contribution is -0.130. The molecule has 0 spiro atoms. The highest BCUT2D eigenvalue weighted by molar-refractivity contribution is 5.90. The smallest absolute Gasteiger partial charge is 0.408 e. The van der Waals surface area contributed by atoms with Crippen molar-refractivity contribution in [2.75, 3.05) is 13.7 Å². The molecule has 210 valence electrons. The number of rotatable bonds is 10. The fourth-order valence-electron chi connectivity index (χ4n) is 7.21. The van der Waals surface area contributed by atoms with Crippen LogP contribution in [0.3, 0.4) is 0 Å². The maximum atomic E-state index is 13.7. The number of carbonyl (C=O) groups excluding carboxylic acids is 2. The number of aliphatic hydroxyl groups is 2. The van der Waals surface area contributed by atoms with Crippen LogP contribution in [0.5, 0.6) is 5.75 Å². The van der Waals surface area contributed by atoms with Gasteiger partial charge in [0.15, 0.2) is 0 Å². The molecule has 6 rings (SSSR count). The van der Waals surface area contributed by atoms with E-state index in [1.54, 1.807) is 50.4 Å². The molecule has 0 saturated heterocycles. The molecule has 8 heteroatoms. The van der Waals surface area contributed by atoms with Gasteiger partial charge in [-0.2, -0.15) is 0 Å². The predicted octanol–water partition coefficient (Wildman–Crippen LogP) is 3.76. The van der Waals surface area contributed by atoms with Crippen LogP contribution >= 0.6 is 0 Å². The molecule has 4 N–H and O–H groups in total. The molecule has 4 bridgehead atoms. The zero-order valence-corrected chi connectivity index (χ0v) is 22.7. The van der Waals surface area contributed by atoms with Crippen LogP contribution in [0.15, 0.2) is 54.6 Å². The molecule has 0 aromatic heterocycles. The van der Waals surface area contributed by atoms with Gasteiger partial charge in [0, 0.05) is 6.42 Å². The maximum absolute atomic E-state index is 13.7. The third kappa shape index (κ3) is 6.07. The number of amides is 2. The van der Waals surface area contributed by atoms with Crippen LogP contribution in [0.1, 0.15) is 56.3 Å². The lowest BCUT2D eigenvalue weighted by Gasteiger charge is -2.53. The molecular formula is C31H40N2O6. The van der Waals surface area contributed by atoms with Gasteiger partial charge in [-0.1, -0.05) is 42.5 Å². The van der Waals surface area contributed by atoms with Gasteiger partial charge in [-0.3, -0.25) is 4.79 Å². The summed E-state index contributed by atoms with van der Waals surface area (Å²) in [5.74, 6) is 2.47. The lowest BCUT2D eigenvalue weighted by Crippen LogP contribution is -2.61. The van der Waals surface area contributed by atoms with E-state index in [0.717, 1.165) is 43.1 Å². The second kappa shape index (κ2) is 11.6. The summed E-state index contributed by atoms with van der Waals surface area (Å²) in [6.07, 6.45) is 4.11. The van der Waals surface area contributed by atoms with E-state index in [4.69, 9.17) is 9.47 Å². The first-order valence-corrected chi connectivity index (χ1v) is 14.0. The van der Waals surface area contributed by atoms with Gasteiger partial charge in [-0.25, -0.2) is 4.79 Å². The molecule has 2 aromatic rings. The molecule has 8 nitrogen and oxygen atoms in total. The van der Waals surface area contributed by atoms with Crippen LogP contribution in [-0.4, -0.2) is 53.6 Å². The van der Waals surface area contributed by atoms with Crippen molar-refractivity contribution in [1.82, 2.24) is 10.6 Å². The molecule has 2 aromatic carbocycles. The summed E-state index contributed by atoms with van der Waals surface area (Å²) >= 11 is 0. The first kappa shape index (κ1) is 27.5. The minimum absolute atomic E-state index is 0.115. The Kier molecular flexibility index (Phi) is 8.14. The number of ether oxygens (including phenoxy) is 2. The van der Waals surface area contributed by atoms with Crippen molar-refractivity contribution in [3.63, 3.8) is 0 Å². The van der Waals surface area contributed by atoms with Gasteiger partial charge in [0.05, 0.1) is 19.8 Å². The van der Waals surface area contributed by atoms with Crippen molar-refractivity contribution < 1.29 is 29.3 Å². The van der Waals surface area contributed by atoms with Gasteiger partial charge in [-0.15, -0.1) is 0 Å². The van der Waals surface area contributed by atoms with Crippen molar-refractivity contribution in [3.8, 4) is 5.75 Å².